The predicted octanol–water partition coefficient (Wildman–Crippen LogP) is 1.70. The zero-order valence-electron chi connectivity index (χ0n) is 11.6. The van der Waals surface area contributed by atoms with E-state index in [9.17, 15) is 9.59 Å². The molecule has 4 nitrogen and oxygen atoms in total. The Balaban J connectivity index is 1.57. The normalized spacial score (nSPS) is 30.5. The maximum atomic E-state index is 12.3. The van der Waals surface area contributed by atoms with Gasteiger partial charge >= 0.3 is 0 Å². The Morgan fingerprint density at radius 2 is 1.84 bits per heavy atom. The third kappa shape index (κ3) is 2.69. The molecule has 3 rings (SSSR count). The zero-order valence-corrected chi connectivity index (χ0v) is 11.6. The summed E-state index contributed by atoms with van der Waals surface area (Å²) in [6.07, 6.45) is 7.90. The van der Waals surface area contributed by atoms with Crippen LogP contribution in [-0.2, 0) is 9.59 Å². The molecule has 2 saturated heterocycles. The van der Waals surface area contributed by atoms with Gasteiger partial charge in [-0.15, -0.1) is 0 Å². The number of imide groups is 1. The second-order valence-electron chi connectivity index (χ2n) is 6.65. The van der Waals surface area contributed by atoms with Crippen LogP contribution in [0.3, 0.4) is 0 Å². The number of hydrogen-bond acceptors (Lipinski definition) is 3. The van der Waals surface area contributed by atoms with Gasteiger partial charge in [0.05, 0.1) is 0 Å². The molecule has 1 saturated carbocycles. The highest BCUT2D eigenvalue weighted by Gasteiger charge is 2.44. The fourth-order valence-electron chi connectivity index (χ4n) is 4.03. The van der Waals surface area contributed by atoms with Crippen LogP contribution in [0, 0.1) is 11.3 Å². The summed E-state index contributed by atoms with van der Waals surface area (Å²) in [5.41, 5.74) is 0.0413. The molecule has 0 radical (unpaired) electrons. The molecule has 0 aromatic rings. The molecule has 0 aromatic heterocycles. The Labute approximate surface area is 114 Å². The van der Waals surface area contributed by atoms with Gasteiger partial charge in [0.25, 0.3) is 0 Å². The molecule has 3 fully saturated rings. The molecular formula is C15H24N2O2. The molecule has 106 valence electrons. The second-order valence-corrected chi connectivity index (χ2v) is 6.65. The molecule has 1 atom stereocenters. The summed E-state index contributed by atoms with van der Waals surface area (Å²) in [4.78, 5) is 26.1. The lowest BCUT2D eigenvalue weighted by molar-refractivity contribution is -0.153. The molecule has 0 bridgehead atoms. The number of nitrogens with one attached hydrogen (secondary N) is 1. The average Bonchev–Trinajstić information content (AvgIpc) is 3.00. The molecule has 0 aromatic carbocycles. The van der Waals surface area contributed by atoms with E-state index in [0.717, 1.165) is 32.4 Å². The van der Waals surface area contributed by atoms with Crippen LogP contribution in [0.4, 0.5) is 0 Å². The van der Waals surface area contributed by atoms with Crippen LogP contribution >= 0.6 is 0 Å². The predicted molar refractivity (Wildman–Crippen MR) is 72.4 cm³/mol. The number of rotatable bonds is 3. The van der Waals surface area contributed by atoms with E-state index in [1.165, 1.54) is 19.3 Å². The fraction of sp³-hybridized carbons (Fsp3) is 0.867. The summed E-state index contributed by atoms with van der Waals surface area (Å²) in [6.45, 7) is 2.76. The van der Waals surface area contributed by atoms with E-state index in [-0.39, 0.29) is 17.2 Å². The summed E-state index contributed by atoms with van der Waals surface area (Å²) < 4.78 is 0. The molecule has 19 heavy (non-hydrogen) atoms. The fourth-order valence-corrected chi connectivity index (χ4v) is 4.03. The van der Waals surface area contributed by atoms with E-state index >= 15 is 0 Å². The third-order valence-electron chi connectivity index (χ3n) is 5.24. The van der Waals surface area contributed by atoms with Crippen LogP contribution in [-0.4, -0.2) is 36.3 Å². The summed E-state index contributed by atoms with van der Waals surface area (Å²) in [5, 5.41) is 3.33. The van der Waals surface area contributed by atoms with Crippen LogP contribution in [0.15, 0.2) is 0 Å². The van der Waals surface area contributed by atoms with Crippen LogP contribution < -0.4 is 5.32 Å². The maximum Gasteiger partial charge on any atom is 0.229 e. The number of nitrogens with zero attached hydrogens (tertiary/aromatic N) is 1. The second kappa shape index (κ2) is 5.23. The highest BCUT2D eigenvalue weighted by molar-refractivity contribution is 5.98. The quantitative estimate of drug-likeness (QED) is 0.789. The van der Waals surface area contributed by atoms with Gasteiger partial charge in [-0.2, -0.15) is 0 Å². The van der Waals surface area contributed by atoms with E-state index < -0.39 is 0 Å². The van der Waals surface area contributed by atoms with Crippen molar-refractivity contribution in [2.75, 3.05) is 19.6 Å². The van der Waals surface area contributed by atoms with Gasteiger partial charge in [0.2, 0.25) is 11.8 Å². The molecule has 1 aliphatic carbocycles. The third-order valence-corrected chi connectivity index (χ3v) is 5.24. The largest absolute Gasteiger partial charge is 0.316 e. The standard InChI is InChI=1S/C15H24N2O2/c18-13-9-15(5-1-2-6-15)10-14(19)17(13)8-4-12-3-7-16-11-12/h12,16H,1-11H2. The summed E-state index contributed by atoms with van der Waals surface area (Å²) in [5.74, 6) is 0.816. The van der Waals surface area contributed by atoms with Crippen LogP contribution in [0.1, 0.15) is 51.4 Å². The number of carbonyl (C=O) groups is 2. The van der Waals surface area contributed by atoms with E-state index in [1.54, 1.807) is 4.90 Å². The van der Waals surface area contributed by atoms with Crippen molar-refractivity contribution in [3.63, 3.8) is 0 Å². The van der Waals surface area contributed by atoms with Crippen molar-refractivity contribution in [2.24, 2.45) is 11.3 Å². The van der Waals surface area contributed by atoms with E-state index in [2.05, 4.69) is 5.32 Å². The monoisotopic (exact) mass is 264 g/mol. The van der Waals surface area contributed by atoms with E-state index in [4.69, 9.17) is 0 Å². The molecule has 2 heterocycles. The van der Waals surface area contributed by atoms with Crippen LogP contribution in [0.5, 0.6) is 0 Å². The van der Waals surface area contributed by atoms with Gasteiger partial charge < -0.3 is 5.32 Å². The van der Waals surface area contributed by atoms with E-state index in [0.29, 0.717) is 25.3 Å². The molecule has 1 unspecified atom stereocenters. The van der Waals surface area contributed by atoms with E-state index in [1.807, 2.05) is 0 Å². The lowest BCUT2D eigenvalue weighted by Crippen LogP contribution is -2.47. The van der Waals surface area contributed by atoms with Gasteiger partial charge in [0, 0.05) is 19.4 Å². The van der Waals surface area contributed by atoms with Crippen LogP contribution in [0.2, 0.25) is 0 Å². The average molecular weight is 264 g/mol. The minimum Gasteiger partial charge on any atom is -0.316 e. The lowest BCUT2D eigenvalue weighted by atomic mass is 9.76. The van der Waals surface area contributed by atoms with Crippen molar-refractivity contribution < 1.29 is 9.59 Å². The number of hydrogen-bond donors (Lipinski definition) is 1. The summed E-state index contributed by atoms with van der Waals surface area (Å²) >= 11 is 0. The minimum absolute atomic E-state index is 0.0413. The summed E-state index contributed by atoms with van der Waals surface area (Å²) in [7, 11) is 0. The lowest BCUT2D eigenvalue weighted by Gasteiger charge is -2.37. The van der Waals surface area contributed by atoms with Gasteiger partial charge in [-0.3, -0.25) is 14.5 Å². The molecule has 3 aliphatic rings. The molecule has 1 N–H and O–H groups in total. The number of likely N-dealkylation sites (tertiary alicyclic amines) is 1. The van der Waals surface area contributed by atoms with Crippen molar-refractivity contribution in [3.05, 3.63) is 0 Å². The molecule has 4 heteroatoms. The van der Waals surface area contributed by atoms with Gasteiger partial charge in [0.1, 0.15) is 0 Å². The highest BCUT2D eigenvalue weighted by Crippen LogP contribution is 2.46. The zero-order chi connectivity index (χ0) is 13.3. The first-order valence-corrected chi connectivity index (χ1v) is 7.72. The summed E-state index contributed by atoms with van der Waals surface area (Å²) in [6, 6.07) is 0. The van der Waals surface area contributed by atoms with Gasteiger partial charge in [-0.25, -0.2) is 0 Å². The Kier molecular flexibility index (Phi) is 3.61. The Morgan fingerprint density at radius 1 is 1.16 bits per heavy atom. The maximum absolute atomic E-state index is 12.3. The first-order valence-electron chi connectivity index (χ1n) is 7.72. The first-order chi connectivity index (χ1) is 9.19. The Bertz CT molecular complexity index is 348. The van der Waals surface area contributed by atoms with Gasteiger partial charge in [-0.1, -0.05) is 12.8 Å². The highest BCUT2D eigenvalue weighted by atomic mass is 16.2. The number of carbonyl (C=O) groups excluding carboxylic acids is 2. The van der Waals surface area contributed by atoms with Crippen molar-refractivity contribution in [3.8, 4) is 0 Å². The van der Waals surface area contributed by atoms with Crippen LogP contribution in [0.25, 0.3) is 0 Å². The SMILES string of the molecule is O=C1CC2(CCCC2)CC(=O)N1CCC1CCNC1. The van der Waals surface area contributed by atoms with Gasteiger partial charge in [0.15, 0.2) is 0 Å². The van der Waals surface area contributed by atoms with Crippen molar-refractivity contribution in [2.45, 2.75) is 51.4 Å². The smallest absolute Gasteiger partial charge is 0.229 e. The van der Waals surface area contributed by atoms with Gasteiger partial charge in [-0.05, 0) is 50.1 Å². The topological polar surface area (TPSA) is 49.4 Å². The minimum atomic E-state index is 0.0413. The van der Waals surface area contributed by atoms with Crippen molar-refractivity contribution in [1.82, 2.24) is 10.2 Å². The number of piperidine rings is 1. The van der Waals surface area contributed by atoms with Crippen molar-refractivity contribution >= 4 is 11.8 Å². The molecular weight excluding hydrogens is 240 g/mol. The molecule has 1 spiro atoms. The Hall–Kier alpha value is -0.900. The Morgan fingerprint density at radius 3 is 2.42 bits per heavy atom. The molecule has 2 aliphatic heterocycles. The first kappa shape index (κ1) is 13.1. The number of amides is 2. The van der Waals surface area contributed by atoms with Crippen molar-refractivity contribution in [1.29, 1.82) is 0 Å². The molecule has 2 amide bonds.